The first-order valence-corrected chi connectivity index (χ1v) is 8.91. The summed E-state index contributed by atoms with van der Waals surface area (Å²) in [6.07, 6.45) is 4.03. The Bertz CT molecular complexity index is 900. The number of rotatable bonds is 6. The van der Waals surface area contributed by atoms with Gasteiger partial charge in [0.05, 0.1) is 29.5 Å². The van der Waals surface area contributed by atoms with Gasteiger partial charge in [0.1, 0.15) is 0 Å². The number of fused-ring (bicyclic) bond motifs is 1. The Labute approximate surface area is 150 Å². The summed E-state index contributed by atoms with van der Waals surface area (Å²) in [4.78, 5) is 19.1. The molecule has 0 bridgehead atoms. The number of hydrogen-bond donors (Lipinski definition) is 0. The molecule has 1 unspecified atom stereocenters. The second kappa shape index (κ2) is 7.86. The number of aromatic nitrogens is 2. The normalized spacial score (nSPS) is 11.8. The van der Waals surface area contributed by atoms with Crippen molar-refractivity contribution >= 4 is 28.9 Å². The summed E-state index contributed by atoms with van der Waals surface area (Å²) in [5.41, 5.74) is 1.80. The molecule has 1 amide bonds. The zero-order chi connectivity index (χ0) is 17.6. The number of nitriles is 1. The number of amides is 1. The van der Waals surface area contributed by atoms with Gasteiger partial charge in [-0.25, -0.2) is 4.98 Å². The molecule has 1 atom stereocenters. The molecule has 6 heteroatoms. The van der Waals surface area contributed by atoms with Crippen LogP contribution in [0.4, 0.5) is 5.69 Å². The summed E-state index contributed by atoms with van der Waals surface area (Å²) < 4.78 is 1.97. The van der Waals surface area contributed by atoms with Crippen molar-refractivity contribution in [3.8, 4) is 6.07 Å². The Balaban J connectivity index is 1.80. The lowest BCUT2D eigenvalue weighted by Gasteiger charge is -2.24. The van der Waals surface area contributed by atoms with Gasteiger partial charge in [-0.2, -0.15) is 5.26 Å². The molecule has 0 spiro atoms. The second-order valence-corrected chi connectivity index (χ2v) is 6.84. The van der Waals surface area contributed by atoms with Crippen LogP contribution in [-0.2, 0) is 4.79 Å². The number of benzene rings is 1. The lowest BCUT2D eigenvalue weighted by Crippen LogP contribution is -2.37. The maximum Gasteiger partial charge on any atom is 0.240 e. The zero-order valence-corrected chi connectivity index (χ0v) is 14.7. The standard InChI is InChI=1S/C19H18N4OS/c1-15(25-19-21-14-17-10-5-6-12-23(17)19)18(24)22(13-7-11-20)16-8-3-2-4-9-16/h2-6,8-10,12,14-15H,7,13H2,1H3. The lowest BCUT2D eigenvalue weighted by atomic mass is 10.2. The van der Waals surface area contributed by atoms with Crippen LogP contribution in [-0.4, -0.2) is 27.1 Å². The number of nitrogens with zero attached hydrogens (tertiary/aromatic N) is 4. The molecule has 0 fully saturated rings. The quantitative estimate of drug-likeness (QED) is 0.635. The maximum absolute atomic E-state index is 13.0. The van der Waals surface area contributed by atoms with Gasteiger partial charge in [0.15, 0.2) is 5.16 Å². The van der Waals surface area contributed by atoms with Gasteiger partial charge in [-0.3, -0.25) is 9.20 Å². The minimum Gasteiger partial charge on any atom is -0.310 e. The molecule has 2 heterocycles. The minimum atomic E-state index is -0.315. The van der Waals surface area contributed by atoms with Gasteiger partial charge in [0.25, 0.3) is 0 Å². The van der Waals surface area contributed by atoms with Gasteiger partial charge >= 0.3 is 0 Å². The highest BCUT2D eigenvalue weighted by Crippen LogP contribution is 2.26. The monoisotopic (exact) mass is 350 g/mol. The number of thioether (sulfide) groups is 1. The fraction of sp³-hybridized carbons (Fsp3) is 0.211. The van der Waals surface area contributed by atoms with Gasteiger partial charge in [-0.15, -0.1) is 0 Å². The number of carbonyl (C=O) groups excluding carboxylic acids is 1. The molecule has 126 valence electrons. The number of pyridine rings is 1. The third kappa shape index (κ3) is 3.83. The van der Waals surface area contributed by atoms with E-state index in [-0.39, 0.29) is 11.2 Å². The molecule has 3 rings (SSSR count). The number of anilines is 1. The summed E-state index contributed by atoms with van der Waals surface area (Å²) >= 11 is 1.42. The van der Waals surface area contributed by atoms with E-state index in [0.29, 0.717) is 13.0 Å². The van der Waals surface area contributed by atoms with Crippen molar-refractivity contribution in [3.05, 3.63) is 60.9 Å². The largest absolute Gasteiger partial charge is 0.310 e. The van der Waals surface area contributed by atoms with Crippen LogP contribution in [0.1, 0.15) is 13.3 Å². The van der Waals surface area contributed by atoms with E-state index in [1.807, 2.05) is 66.1 Å². The van der Waals surface area contributed by atoms with Crippen molar-refractivity contribution in [2.75, 3.05) is 11.4 Å². The van der Waals surface area contributed by atoms with Crippen LogP contribution in [0.15, 0.2) is 66.1 Å². The number of para-hydroxylation sites is 1. The summed E-state index contributed by atoms with van der Waals surface area (Å²) in [7, 11) is 0. The molecule has 1 aromatic carbocycles. The highest BCUT2D eigenvalue weighted by Gasteiger charge is 2.24. The van der Waals surface area contributed by atoms with E-state index >= 15 is 0 Å². The molecule has 3 aromatic rings. The molecule has 0 aliphatic carbocycles. The van der Waals surface area contributed by atoms with E-state index in [0.717, 1.165) is 16.4 Å². The molecule has 0 radical (unpaired) electrons. The molecule has 0 N–H and O–H groups in total. The molecular formula is C19H18N4OS. The fourth-order valence-electron chi connectivity index (χ4n) is 2.57. The highest BCUT2D eigenvalue weighted by molar-refractivity contribution is 8.00. The highest BCUT2D eigenvalue weighted by atomic mass is 32.2. The Morgan fingerprint density at radius 3 is 2.80 bits per heavy atom. The summed E-state index contributed by atoms with van der Waals surface area (Å²) in [5, 5.41) is 9.37. The van der Waals surface area contributed by atoms with Crippen LogP contribution in [0.25, 0.3) is 5.52 Å². The van der Waals surface area contributed by atoms with Crippen molar-refractivity contribution in [2.24, 2.45) is 0 Å². The number of imidazole rings is 1. The van der Waals surface area contributed by atoms with E-state index < -0.39 is 0 Å². The zero-order valence-electron chi connectivity index (χ0n) is 13.9. The van der Waals surface area contributed by atoms with Gasteiger partial charge in [0.2, 0.25) is 5.91 Å². The smallest absolute Gasteiger partial charge is 0.240 e. The Morgan fingerprint density at radius 1 is 1.28 bits per heavy atom. The van der Waals surface area contributed by atoms with E-state index in [9.17, 15) is 4.79 Å². The second-order valence-electron chi connectivity index (χ2n) is 5.53. The van der Waals surface area contributed by atoms with Gasteiger partial charge in [-0.05, 0) is 31.2 Å². The average molecular weight is 350 g/mol. The predicted octanol–water partition coefficient (Wildman–Crippen LogP) is 3.76. The van der Waals surface area contributed by atoms with Crippen LogP contribution in [0, 0.1) is 11.3 Å². The van der Waals surface area contributed by atoms with Crippen LogP contribution >= 0.6 is 11.8 Å². The van der Waals surface area contributed by atoms with Crippen LogP contribution in [0.3, 0.4) is 0 Å². The van der Waals surface area contributed by atoms with Crippen LogP contribution in [0.5, 0.6) is 0 Å². The van der Waals surface area contributed by atoms with Gasteiger partial charge in [0, 0.05) is 18.4 Å². The van der Waals surface area contributed by atoms with Gasteiger partial charge in [-0.1, -0.05) is 36.0 Å². The topological polar surface area (TPSA) is 61.4 Å². The maximum atomic E-state index is 13.0. The van der Waals surface area contributed by atoms with Crippen LogP contribution in [0.2, 0.25) is 0 Å². The SMILES string of the molecule is CC(Sc1ncc2ccccn12)C(=O)N(CCC#N)c1ccccc1. The average Bonchev–Trinajstić information content (AvgIpc) is 3.06. The number of carbonyl (C=O) groups is 1. The molecule has 0 aliphatic rings. The molecular weight excluding hydrogens is 332 g/mol. The molecule has 0 saturated carbocycles. The van der Waals surface area contributed by atoms with Crippen LogP contribution < -0.4 is 4.90 Å². The summed E-state index contributed by atoms with van der Waals surface area (Å²) in [5.74, 6) is -0.0286. The third-order valence-electron chi connectivity index (χ3n) is 3.82. The summed E-state index contributed by atoms with van der Waals surface area (Å²) in [6, 6.07) is 17.5. The van der Waals surface area contributed by atoms with Gasteiger partial charge < -0.3 is 4.90 Å². The first kappa shape index (κ1) is 17.1. The predicted molar refractivity (Wildman–Crippen MR) is 99.5 cm³/mol. The van der Waals surface area contributed by atoms with Crippen molar-refractivity contribution in [3.63, 3.8) is 0 Å². The summed E-state index contributed by atoms with van der Waals surface area (Å²) in [6.45, 7) is 2.26. The fourth-order valence-corrected chi connectivity index (χ4v) is 3.51. The Kier molecular flexibility index (Phi) is 5.36. The van der Waals surface area contributed by atoms with Crippen molar-refractivity contribution < 1.29 is 4.79 Å². The molecule has 2 aromatic heterocycles. The Hall–Kier alpha value is -2.78. The van der Waals surface area contributed by atoms with E-state index in [1.165, 1.54) is 11.8 Å². The van der Waals surface area contributed by atoms with E-state index in [1.54, 1.807) is 11.1 Å². The third-order valence-corrected chi connectivity index (χ3v) is 4.88. The number of hydrogen-bond acceptors (Lipinski definition) is 4. The first-order valence-electron chi connectivity index (χ1n) is 8.03. The van der Waals surface area contributed by atoms with Crippen molar-refractivity contribution in [2.45, 2.75) is 23.8 Å². The first-order chi connectivity index (χ1) is 12.2. The van der Waals surface area contributed by atoms with E-state index in [4.69, 9.17) is 5.26 Å². The lowest BCUT2D eigenvalue weighted by molar-refractivity contribution is -0.117. The molecule has 25 heavy (non-hydrogen) atoms. The molecule has 5 nitrogen and oxygen atoms in total. The Morgan fingerprint density at radius 2 is 2.04 bits per heavy atom. The molecule has 0 saturated heterocycles. The minimum absolute atomic E-state index is 0.0286. The van der Waals surface area contributed by atoms with Crippen molar-refractivity contribution in [1.82, 2.24) is 9.38 Å². The molecule has 0 aliphatic heterocycles. The van der Waals surface area contributed by atoms with E-state index in [2.05, 4.69) is 11.1 Å². The van der Waals surface area contributed by atoms with Crippen molar-refractivity contribution in [1.29, 1.82) is 5.26 Å².